The van der Waals surface area contributed by atoms with Gasteiger partial charge in [-0.25, -0.2) is 4.68 Å². The van der Waals surface area contributed by atoms with Gasteiger partial charge in [0.25, 0.3) is 5.91 Å². The molecule has 3 atom stereocenters. The topological polar surface area (TPSA) is 59.0 Å². The molecule has 4 rings (SSSR count). The molecule has 0 fully saturated rings. The number of fused-ring (bicyclic) bond motifs is 1. The number of alkyl halides is 3. The minimum absolute atomic E-state index is 0.0526. The Morgan fingerprint density at radius 2 is 1.77 bits per heavy atom. The van der Waals surface area contributed by atoms with Crippen molar-refractivity contribution < 1.29 is 18.0 Å². The zero-order valence-corrected chi connectivity index (χ0v) is 16.2. The van der Waals surface area contributed by atoms with Gasteiger partial charge in [0.2, 0.25) is 0 Å². The highest BCUT2D eigenvalue weighted by Crippen LogP contribution is 2.43. The van der Waals surface area contributed by atoms with Crippen molar-refractivity contribution in [2.24, 2.45) is 0 Å². The maximum Gasteiger partial charge on any atom is 0.410 e. The van der Waals surface area contributed by atoms with Crippen molar-refractivity contribution >= 4 is 11.7 Å². The number of aromatic nitrogens is 2. The molecule has 0 radical (unpaired) electrons. The molecule has 2 aromatic carbocycles. The highest BCUT2D eigenvalue weighted by Gasteiger charge is 2.46. The van der Waals surface area contributed by atoms with E-state index in [0.29, 0.717) is 0 Å². The maximum absolute atomic E-state index is 13.8. The normalized spacial score (nSPS) is 19.5. The highest BCUT2D eigenvalue weighted by atomic mass is 19.4. The second-order valence-electron chi connectivity index (χ2n) is 7.37. The Balaban J connectivity index is 1.60. The fourth-order valence-corrected chi connectivity index (χ4v) is 3.68. The summed E-state index contributed by atoms with van der Waals surface area (Å²) in [5.41, 5.74) is 1.59. The highest BCUT2D eigenvalue weighted by molar-refractivity contribution is 5.93. The monoisotopic (exact) mass is 414 g/mol. The molecule has 156 valence electrons. The second kappa shape index (κ2) is 7.85. The summed E-state index contributed by atoms with van der Waals surface area (Å²) < 4.78 is 42.2. The van der Waals surface area contributed by atoms with Gasteiger partial charge in [-0.3, -0.25) is 4.79 Å². The van der Waals surface area contributed by atoms with Crippen LogP contribution in [0.2, 0.25) is 0 Å². The molecule has 0 saturated heterocycles. The number of rotatable bonds is 4. The van der Waals surface area contributed by atoms with Gasteiger partial charge in [0.15, 0.2) is 11.7 Å². The lowest BCUT2D eigenvalue weighted by Gasteiger charge is -2.33. The van der Waals surface area contributed by atoms with Crippen molar-refractivity contribution in [3.8, 4) is 0 Å². The molecule has 1 aliphatic heterocycles. The average molecular weight is 414 g/mol. The first-order valence-electron chi connectivity index (χ1n) is 9.66. The number of carbonyl (C=O) groups is 1. The molecule has 0 aliphatic carbocycles. The Hall–Kier alpha value is -3.29. The van der Waals surface area contributed by atoms with E-state index in [4.69, 9.17) is 0 Å². The zero-order chi connectivity index (χ0) is 21.3. The Morgan fingerprint density at radius 1 is 1.13 bits per heavy atom. The number of hydrogen-bond acceptors (Lipinski definition) is 3. The molecule has 0 spiro atoms. The summed E-state index contributed by atoms with van der Waals surface area (Å²) in [4.78, 5) is 12.7. The van der Waals surface area contributed by atoms with Crippen LogP contribution in [0.3, 0.4) is 0 Å². The molecule has 0 bridgehead atoms. The van der Waals surface area contributed by atoms with Crippen LogP contribution in [0.5, 0.6) is 0 Å². The third-order valence-corrected chi connectivity index (χ3v) is 5.27. The van der Waals surface area contributed by atoms with E-state index < -0.39 is 24.2 Å². The molecule has 2 heterocycles. The van der Waals surface area contributed by atoms with Crippen molar-refractivity contribution in [2.75, 3.05) is 5.32 Å². The fraction of sp³-hybridized carbons (Fsp3) is 0.273. The largest absolute Gasteiger partial charge is 0.410 e. The summed E-state index contributed by atoms with van der Waals surface area (Å²) >= 11 is 0. The predicted octanol–water partition coefficient (Wildman–Crippen LogP) is 5.03. The molecule has 1 amide bonds. The van der Waals surface area contributed by atoms with Crippen LogP contribution in [0.25, 0.3) is 0 Å². The lowest BCUT2D eigenvalue weighted by molar-refractivity contribution is -0.173. The Labute approximate surface area is 171 Å². The third-order valence-electron chi connectivity index (χ3n) is 5.27. The quantitative estimate of drug-likeness (QED) is 0.629. The molecule has 1 aromatic heterocycles. The van der Waals surface area contributed by atoms with Gasteiger partial charge in [-0.15, -0.1) is 0 Å². The van der Waals surface area contributed by atoms with E-state index >= 15 is 0 Å². The molecule has 0 unspecified atom stereocenters. The van der Waals surface area contributed by atoms with Crippen molar-refractivity contribution in [3.05, 3.63) is 83.6 Å². The molecule has 5 nitrogen and oxygen atoms in total. The van der Waals surface area contributed by atoms with E-state index in [1.807, 2.05) is 43.3 Å². The molecular formula is C22H21F3N4O. The van der Waals surface area contributed by atoms with Gasteiger partial charge >= 0.3 is 6.18 Å². The van der Waals surface area contributed by atoms with E-state index in [1.165, 1.54) is 6.07 Å². The summed E-state index contributed by atoms with van der Waals surface area (Å²) in [6.07, 6.45) is -4.69. The minimum Gasteiger partial charge on any atom is -0.363 e. The fourth-order valence-electron chi connectivity index (χ4n) is 3.68. The first-order chi connectivity index (χ1) is 14.3. The molecule has 0 saturated carbocycles. The first kappa shape index (κ1) is 20.0. The van der Waals surface area contributed by atoms with E-state index in [2.05, 4.69) is 15.7 Å². The summed E-state index contributed by atoms with van der Waals surface area (Å²) in [5, 5.41) is 9.89. The Morgan fingerprint density at radius 3 is 2.40 bits per heavy atom. The van der Waals surface area contributed by atoms with E-state index in [0.717, 1.165) is 15.8 Å². The average Bonchev–Trinajstić information content (AvgIpc) is 3.18. The number of nitrogens with one attached hydrogen (secondary N) is 2. The van der Waals surface area contributed by atoms with E-state index in [-0.39, 0.29) is 24.0 Å². The lowest BCUT2D eigenvalue weighted by Crippen LogP contribution is -2.35. The van der Waals surface area contributed by atoms with Gasteiger partial charge < -0.3 is 10.6 Å². The number of hydrogen-bond donors (Lipinski definition) is 2. The van der Waals surface area contributed by atoms with Gasteiger partial charge in [0.05, 0.1) is 12.1 Å². The Bertz CT molecular complexity index is 1020. The van der Waals surface area contributed by atoms with Crippen LogP contribution < -0.4 is 10.6 Å². The standard InChI is InChI=1S/C22H21F3N4O/c1-14(15-8-4-2-5-9-15)26-21(30)18-13-20-27-17(16-10-6-3-7-11-16)12-19(22(23,24)25)29(20)28-18/h2-11,13-14,17,19,27H,12H2,1H3,(H,26,30)/t14-,17+,19-/m0/s1. The molecule has 30 heavy (non-hydrogen) atoms. The van der Waals surface area contributed by atoms with Crippen LogP contribution in [0.15, 0.2) is 66.7 Å². The number of nitrogens with zero attached hydrogens (tertiary/aromatic N) is 2. The Kier molecular flexibility index (Phi) is 5.24. The minimum atomic E-state index is -4.49. The van der Waals surface area contributed by atoms with Crippen LogP contribution in [0, 0.1) is 0 Å². The van der Waals surface area contributed by atoms with Crippen molar-refractivity contribution in [2.45, 2.75) is 37.6 Å². The molecular weight excluding hydrogens is 393 g/mol. The van der Waals surface area contributed by atoms with E-state index in [1.54, 1.807) is 24.3 Å². The summed E-state index contributed by atoms with van der Waals surface area (Å²) in [5.74, 6) is -0.345. The van der Waals surface area contributed by atoms with Gasteiger partial charge in [0.1, 0.15) is 5.82 Å². The second-order valence-corrected chi connectivity index (χ2v) is 7.37. The van der Waals surface area contributed by atoms with Crippen LogP contribution in [-0.4, -0.2) is 21.9 Å². The molecule has 1 aliphatic rings. The maximum atomic E-state index is 13.8. The van der Waals surface area contributed by atoms with Gasteiger partial charge in [-0.2, -0.15) is 18.3 Å². The number of carbonyl (C=O) groups excluding carboxylic acids is 1. The summed E-state index contributed by atoms with van der Waals surface area (Å²) in [6, 6.07) is 17.0. The SMILES string of the molecule is C[C@H](NC(=O)c1cc2n(n1)[C@H](C(F)(F)F)C[C@H](c1ccccc1)N2)c1ccccc1. The third kappa shape index (κ3) is 4.03. The lowest BCUT2D eigenvalue weighted by atomic mass is 9.97. The van der Waals surface area contributed by atoms with Gasteiger partial charge in [-0.05, 0) is 18.1 Å². The van der Waals surface area contributed by atoms with Crippen LogP contribution in [-0.2, 0) is 0 Å². The van der Waals surface area contributed by atoms with E-state index in [9.17, 15) is 18.0 Å². The number of amides is 1. The van der Waals surface area contributed by atoms with Gasteiger partial charge in [-0.1, -0.05) is 60.7 Å². The van der Waals surface area contributed by atoms with Crippen LogP contribution >= 0.6 is 0 Å². The van der Waals surface area contributed by atoms with Crippen molar-refractivity contribution in [1.82, 2.24) is 15.1 Å². The first-order valence-corrected chi connectivity index (χ1v) is 9.66. The number of halogens is 3. The summed E-state index contributed by atoms with van der Waals surface area (Å²) in [7, 11) is 0. The van der Waals surface area contributed by atoms with Gasteiger partial charge in [0, 0.05) is 12.5 Å². The molecule has 8 heteroatoms. The smallest absolute Gasteiger partial charge is 0.363 e. The number of anilines is 1. The predicted molar refractivity (Wildman–Crippen MR) is 107 cm³/mol. The van der Waals surface area contributed by atoms with Crippen LogP contribution in [0.1, 0.15) is 53.1 Å². The van der Waals surface area contributed by atoms with Crippen molar-refractivity contribution in [3.63, 3.8) is 0 Å². The molecule has 3 aromatic rings. The van der Waals surface area contributed by atoms with Crippen molar-refractivity contribution in [1.29, 1.82) is 0 Å². The molecule has 2 N–H and O–H groups in total. The summed E-state index contributed by atoms with van der Waals surface area (Å²) in [6.45, 7) is 1.81. The number of benzene rings is 2. The van der Waals surface area contributed by atoms with Crippen LogP contribution in [0.4, 0.5) is 19.0 Å². The zero-order valence-electron chi connectivity index (χ0n) is 16.2.